The van der Waals surface area contributed by atoms with Crippen LogP contribution < -0.4 is 10.9 Å². The molecule has 0 saturated heterocycles. The van der Waals surface area contributed by atoms with Gasteiger partial charge in [-0.3, -0.25) is 14.2 Å². The number of carbonyl (C=O) groups excluding carboxylic acids is 1. The van der Waals surface area contributed by atoms with Crippen LogP contribution in [-0.4, -0.2) is 15.5 Å². The van der Waals surface area contributed by atoms with E-state index in [1.807, 2.05) is 67.6 Å². The number of nitrogens with one attached hydrogen (secondary N) is 1. The van der Waals surface area contributed by atoms with E-state index in [0.29, 0.717) is 34.4 Å². The van der Waals surface area contributed by atoms with Crippen LogP contribution in [0.1, 0.15) is 33.4 Å². The van der Waals surface area contributed by atoms with E-state index in [9.17, 15) is 9.59 Å². The quantitative estimate of drug-likeness (QED) is 0.576. The van der Waals surface area contributed by atoms with Crippen molar-refractivity contribution in [2.24, 2.45) is 0 Å². The lowest BCUT2D eigenvalue weighted by molar-refractivity contribution is 0.0938. The first-order chi connectivity index (χ1) is 14.1. The second-order valence-electron chi connectivity index (χ2n) is 7.36. The summed E-state index contributed by atoms with van der Waals surface area (Å²) in [5, 5.41) is 3.63. The number of hydrogen-bond acceptors (Lipinski definition) is 3. The SMILES string of the molecule is Cc1ccc2c(c1)-n1c(nc3ccccc3c1=O)C(Cc1ccccc1)NC2=O. The van der Waals surface area contributed by atoms with E-state index in [1.165, 1.54) is 0 Å². The van der Waals surface area contributed by atoms with Crippen molar-refractivity contribution >= 4 is 16.8 Å². The first-order valence-electron chi connectivity index (χ1n) is 9.59. The van der Waals surface area contributed by atoms with E-state index in [-0.39, 0.29) is 11.5 Å². The van der Waals surface area contributed by atoms with Gasteiger partial charge in [0.15, 0.2) is 0 Å². The van der Waals surface area contributed by atoms with Gasteiger partial charge in [0.1, 0.15) is 5.82 Å². The van der Waals surface area contributed by atoms with Crippen LogP contribution in [0.4, 0.5) is 0 Å². The molecule has 2 heterocycles. The fourth-order valence-corrected chi connectivity index (χ4v) is 3.93. The van der Waals surface area contributed by atoms with E-state index < -0.39 is 6.04 Å². The molecule has 5 heteroatoms. The van der Waals surface area contributed by atoms with Gasteiger partial charge in [-0.1, -0.05) is 48.5 Å². The molecule has 5 rings (SSSR count). The van der Waals surface area contributed by atoms with Gasteiger partial charge in [0.05, 0.1) is 28.2 Å². The molecule has 4 aromatic rings. The van der Waals surface area contributed by atoms with E-state index >= 15 is 0 Å². The van der Waals surface area contributed by atoms with Gasteiger partial charge in [-0.05, 0) is 48.7 Å². The Kier molecular flexibility index (Phi) is 4.02. The number of nitrogens with zero attached hydrogens (tertiary/aromatic N) is 2. The minimum atomic E-state index is -0.421. The molecule has 29 heavy (non-hydrogen) atoms. The van der Waals surface area contributed by atoms with E-state index in [1.54, 1.807) is 16.7 Å². The second kappa shape index (κ2) is 6.71. The van der Waals surface area contributed by atoms with E-state index in [2.05, 4.69) is 5.32 Å². The number of carbonyl (C=O) groups is 1. The molecule has 1 unspecified atom stereocenters. The zero-order valence-corrected chi connectivity index (χ0v) is 15.9. The molecule has 0 bridgehead atoms. The predicted molar refractivity (Wildman–Crippen MR) is 112 cm³/mol. The molecule has 0 radical (unpaired) electrons. The van der Waals surface area contributed by atoms with E-state index in [4.69, 9.17) is 4.98 Å². The number of para-hydroxylation sites is 1. The molecule has 1 atom stereocenters. The number of hydrogen-bond donors (Lipinski definition) is 1. The molecule has 1 aliphatic heterocycles. The Hall–Kier alpha value is -3.73. The van der Waals surface area contributed by atoms with Crippen LogP contribution in [0.2, 0.25) is 0 Å². The molecule has 0 spiro atoms. The Bertz CT molecular complexity index is 1310. The minimum absolute atomic E-state index is 0.160. The number of aromatic nitrogens is 2. The molecular weight excluding hydrogens is 362 g/mol. The van der Waals surface area contributed by atoms with Gasteiger partial charge in [0, 0.05) is 0 Å². The Morgan fingerprint density at radius 1 is 0.966 bits per heavy atom. The summed E-state index contributed by atoms with van der Waals surface area (Å²) in [5.41, 5.74) is 3.57. The zero-order chi connectivity index (χ0) is 20.0. The van der Waals surface area contributed by atoms with E-state index in [0.717, 1.165) is 11.1 Å². The summed E-state index contributed by atoms with van der Waals surface area (Å²) in [7, 11) is 0. The lowest BCUT2D eigenvalue weighted by atomic mass is 10.0. The van der Waals surface area contributed by atoms with Crippen LogP contribution in [0.5, 0.6) is 0 Å². The molecule has 1 aromatic heterocycles. The first-order valence-corrected chi connectivity index (χ1v) is 9.59. The van der Waals surface area contributed by atoms with Crippen LogP contribution in [0, 0.1) is 6.92 Å². The third kappa shape index (κ3) is 2.91. The average Bonchev–Trinajstić information content (AvgIpc) is 2.84. The van der Waals surface area contributed by atoms with Gasteiger partial charge in [-0.2, -0.15) is 0 Å². The summed E-state index contributed by atoms with van der Waals surface area (Å²) < 4.78 is 1.61. The maximum absolute atomic E-state index is 13.5. The standard InChI is InChI=1S/C24H19N3O2/c1-15-11-12-18-21(13-15)27-22(25-19-10-6-5-9-17(19)24(27)29)20(26-23(18)28)14-16-7-3-2-4-8-16/h2-13,20H,14H2,1H3,(H,26,28). The lowest BCUT2D eigenvalue weighted by Gasteiger charge is -2.19. The first kappa shape index (κ1) is 17.4. The summed E-state index contributed by atoms with van der Waals surface area (Å²) >= 11 is 0. The molecule has 0 saturated carbocycles. The van der Waals surface area contributed by atoms with Crippen LogP contribution >= 0.6 is 0 Å². The summed E-state index contributed by atoms with van der Waals surface area (Å²) in [5.74, 6) is 0.352. The van der Waals surface area contributed by atoms with Crippen LogP contribution in [0.3, 0.4) is 0 Å². The van der Waals surface area contributed by atoms with Crippen LogP contribution in [0.25, 0.3) is 16.6 Å². The highest BCUT2D eigenvalue weighted by atomic mass is 16.2. The summed E-state index contributed by atoms with van der Waals surface area (Å²) in [4.78, 5) is 31.4. The fraction of sp³-hybridized carbons (Fsp3) is 0.125. The van der Waals surface area contributed by atoms with Gasteiger partial charge in [0.2, 0.25) is 0 Å². The van der Waals surface area contributed by atoms with Crippen molar-refractivity contribution < 1.29 is 4.79 Å². The zero-order valence-electron chi connectivity index (χ0n) is 15.9. The van der Waals surface area contributed by atoms with Gasteiger partial charge < -0.3 is 5.32 Å². The maximum Gasteiger partial charge on any atom is 0.266 e. The van der Waals surface area contributed by atoms with Crippen molar-refractivity contribution in [2.45, 2.75) is 19.4 Å². The maximum atomic E-state index is 13.5. The number of fused-ring (bicyclic) bond motifs is 4. The molecule has 0 aliphatic carbocycles. The molecule has 0 fully saturated rings. The summed E-state index contributed by atoms with van der Waals surface area (Å²) in [6, 6.07) is 22.3. The Balaban J connectivity index is 1.82. The van der Waals surface area contributed by atoms with Crippen molar-refractivity contribution in [1.82, 2.24) is 14.9 Å². The molecule has 1 amide bonds. The van der Waals surface area contributed by atoms with Gasteiger partial charge in [-0.25, -0.2) is 4.98 Å². The van der Waals surface area contributed by atoms with Crippen molar-refractivity contribution in [3.05, 3.63) is 106 Å². The molecular formula is C24H19N3O2. The molecule has 1 N–H and O–H groups in total. The van der Waals surface area contributed by atoms with Crippen LogP contribution in [-0.2, 0) is 6.42 Å². The third-order valence-electron chi connectivity index (χ3n) is 5.34. The molecule has 3 aromatic carbocycles. The third-order valence-corrected chi connectivity index (χ3v) is 5.34. The lowest BCUT2D eigenvalue weighted by Crippen LogP contribution is -2.31. The highest BCUT2D eigenvalue weighted by molar-refractivity contribution is 5.99. The number of aryl methyl sites for hydroxylation is 1. The monoisotopic (exact) mass is 381 g/mol. The average molecular weight is 381 g/mol. The van der Waals surface area contributed by atoms with Crippen LogP contribution in [0.15, 0.2) is 77.6 Å². The van der Waals surface area contributed by atoms with Gasteiger partial charge in [-0.15, -0.1) is 0 Å². The van der Waals surface area contributed by atoms with Crippen molar-refractivity contribution in [1.29, 1.82) is 0 Å². The highest BCUT2D eigenvalue weighted by Gasteiger charge is 2.29. The largest absolute Gasteiger partial charge is 0.342 e. The number of rotatable bonds is 2. The molecule has 5 nitrogen and oxygen atoms in total. The predicted octanol–water partition coefficient (Wildman–Crippen LogP) is 3.72. The van der Waals surface area contributed by atoms with Gasteiger partial charge >= 0.3 is 0 Å². The highest BCUT2D eigenvalue weighted by Crippen LogP contribution is 2.27. The fourth-order valence-electron chi connectivity index (χ4n) is 3.93. The topological polar surface area (TPSA) is 64.0 Å². The minimum Gasteiger partial charge on any atom is -0.342 e. The Morgan fingerprint density at radius 2 is 1.72 bits per heavy atom. The summed E-state index contributed by atoms with van der Waals surface area (Å²) in [6.07, 6.45) is 0.546. The van der Waals surface area contributed by atoms with Crippen molar-refractivity contribution in [3.8, 4) is 5.69 Å². The Labute approximate surface area is 167 Å². The molecule has 1 aliphatic rings. The van der Waals surface area contributed by atoms with Crippen molar-refractivity contribution in [3.63, 3.8) is 0 Å². The molecule has 142 valence electrons. The number of benzene rings is 3. The second-order valence-corrected chi connectivity index (χ2v) is 7.36. The van der Waals surface area contributed by atoms with Gasteiger partial charge in [0.25, 0.3) is 11.5 Å². The van der Waals surface area contributed by atoms with Crippen molar-refractivity contribution in [2.75, 3.05) is 0 Å². The smallest absolute Gasteiger partial charge is 0.266 e. The summed E-state index contributed by atoms with van der Waals surface area (Å²) in [6.45, 7) is 1.95. The normalized spacial score (nSPS) is 15.3. The Morgan fingerprint density at radius 3 is 2.55 bits per heavy atom. The number of amides is 1.